The molecular weight excluding hydrogens is 444 g/mol. The third-order valence-corrected chi connectivity index (χ3v) is 5.57. The fourth-order valence-corrected chi connectivity index (χ4v) is 3.81. The third-order valence-electron chi connectivity index (χ3n) is 5.32. The van der Waals surface area contributed by atoms with Gasteiger partial charge in [-0.25, -0.2) is 0 Å². The van der Waals surface area contributed by atoms with E-state index in [1.165, 1.54) is 21.3 Å². The maximum Gasteiger partial charge on any atom is 0.203 e. The average Bonchev–Trinajstić information content (AvgIpc) is 2.84. The summed E-state index contributed by atoms with van der Waals surface area (Å²) >= 11 is 5.94. The van der Waals surface area contributed by atoms with E-state index in [4.69, 9.17) is 30.2 Å². The summed E-state index contributed by atoms with van der Waals surface area (Å²) in [5.74, 6) is 1.24. The van der Waals surface area contributed by atoms with Crippen LogP contribution in [0.15, 0.2) is 69.9 Å². The molecule has 0 aliphatic rings. The highest BCUT2D eigenvalue weighted by Crippen LogP contribution is 2.42. The van der Waals surface area contributed by atoms with Crippen LogP contribution >= 0.6 is 11.6 Å². The smallest absolute Gasteiger partial charge is 0.203 e. The van der Waals surface area contributed by atoms with E-state index in [9.17, 15) is 9.59 Å². The number of para-hydroxylation sites is 1. The number of benzene rings is 3. The molecule has 168 valence electrons. The van der Waals surface area contributed by atoms with Gasteiger partial charge in [0.2, 0.25) is 5.75 Å². The molecule has 0 N–H and O–H groups in total. The van der Waals surface area contributed by atoms with Crippen LogP contribution in [0.1, 0.15) is 15.9 Å². The zero-order valence-electron chi connectivity index (χ0n) is 18.3. The van der Waals surface area contributed by atoms with E-state index in [2.05, 4.69) is 0 Å². The van der Waals surface area contributed by atoms with Crippen LogP contribution in [0, 0.1) is 0 Å². The number of hydrogen-bond acceptors (Lipinski definition) is 6. The van der Waals surface area contributed by atoms with Crippen molar-refractivity contribution in [2.45, 2.75) is 6.42 Å². The van der Waals surface area contributed by atoms with Gasteiger partial charge in [0, 0.05) is 22.6 Å². The van der Waals surface area contributed by atoms with E-state index >= 15 is 0 Å². The summed E-state index contributed by atoms with van der Waals surface area (Å²) < 4.78 is 22.5. The van der Waals surface area contributed by atoms with Crippen molar-refractivity contribution < 1.29 is 23.4 Å². The molecule has 0 aliphatic carbocycles. The van der Waals surface area contributed by atoms with Crippen LogP contribution in [-0.4, -0.2) is 27.1 Å². The molecule has 0 saturated carbocycles. The van der Waals surface area contributed by atoms with Gasteiger partial charge in [0.05, 0.1) is 32.3 Å². The van der Waals surface area contributed by atoms with Crippen molar-refractivity contribution in [3.8, 4) is 28.6 Å². The molecule has 4 rings (SSSR count). The molecule has 0 unspecified atom stereocenters. The summed E-state index contributed by atoms with van der Waals surface area (Å²) in [6.07, 6.45) is -0.152. The SMILES string of the molecule is COc1cc(-c2oc3ccccc3c(=O)c2CC(=O)c2ccc(Cl)cc2)cc(OC)c1OC. The van der Waals surface area contributed by atoms with Crippen LogP contribution in [-0.2, 0) is 6.42 Å². The molecular formula is C26H21ClO6. The van der Waals surface area contributed by atoms with Crippen molar-refractivity contribution >= 4 is 28.4 Å². The predicted molar refractivity (Wildman–Crippen MR) is 127 cm³/mol. The topological polar surface area (TPSA) is 75.0 Å². The first-order chi connectivity index (χ1) is 16.0. The highest BCUT2D eigenvalue weighted by molar-refractivity contribution is 6.30. The molecule has 0 saturated heterocycles. The number of ether oxygens (including phenoxy) is 3. The summed E-state index contributed by atoms with van der Waals surface area (Å²) in [4.78, 5) is 26.5. The van der Waals surface area contributed by atoms with E-state index in [1.54, 1.807) is 60.7 Å². The largest absolute Gasteiger partial charge is 0.493 e. The number of methoxy groups -OCH3 is 3. The van der Waals surface area contributed by atoms with Gasteiger partial charge in [-0.3, -0.25) is 9.59 Å². The lowest BCUT2D eigenvalue weighted by atomic mass is 9.97. The van der Waals surface area contributed by atoms with E-state index in [0.29, 0.717) is 44.4 Å². The summed E-state index contributed by atoms with van der Waals surface area (Å²) in [7, 11) is 4.51. The summed E-state index contributed by atoms with van der Waals surface area (Å²) in [5.41, 5.74) is 1.34. The van der Waals surface area contributed by atoms with Crippen molar-refractivity contribution in [3.05, 3.63) is 87.0 Å². The molecule has 4 aromatic rings. The molecule has 1 heterocycles. The summed E-state index contributed by atoms with van der Waals surface area (Å²) in [5, 5.41) is 0.919. The van der Waals surface area contributed by atoms with Crippen LogP contribution in [0.3, 0.4) is 0 Å². The van der Waals surface area contributed by atoms with Crippen LogP contribution < -0.4 is 19.6 Å². The van der Waals surface area contributed by atoms with Crippen LogP contribution in [0.25, 0.3) is 22.3 Å². The Morgan fingerprint density at radius 3 is 2.15 bits per heavy atom. The lowest BCUT2D eigenvalue weighted by molar-refractivity contribution is 0.0992. The number of halogens is 1. The van der Waals surface area contributed by atoms with Crippen molar-refractivity contribution in [1.82, 2.24) is 0 Å². The molecule has 3 aromatic carbocycles. The zero-order chi connectivity index (χ0) is 23.5. The average molecular weight is 465 g/mol. The van der Waals surface area contributed by atoms with Gasteiger partial charge in [-0.1, -0.05) is 23.7 Å². The van der Waals surface area contributed by atoms with Gasteiger partial charge in [-0.15, -0.1) is 0 Å². The number of ketones is 1. The number of fused-ring (bicyclic) bond motifs is 1. The van der Waals surface area contributed by atoms with E-state index in [0.717, 1.165) is 0 Å². The van der Waals surface area contributed by atoms with E-state index < -0.39 is 0 Å². The minimum absolute atomic E-state index is 0.152. The number of rotatable bonds is 7. The number of Topliss-reactive ketones (excluding diaryl/α,β-unsaturated/α-hetero) is 1. The zero-order valence-corrected chi connectivity index (χ0v) is 19.1. The monoisotopic (exact) mass is 464 g/mol. The highest BCUT2D eigenvalue weighted by Gasteiger charge is 2.22. The van der Waals surface area contributed by atoms with E-state index in [1.807, 2.05) is 0 Å². The first-order valence-corrected chi connectivity index (χ1v) is 10.5. The number of carbonyl (C=O) groups excluding carboxylic acids is 1. The maximum absolute atomic E-state index is 13.5. The van der Waals surface area contributed by atoms with Crippen LogP contribution in [0.5, 0.6) is 17.2 Å². The molecule has 0 radical (unpaired) electrons. The molecule has 1 aromatic heterocycles. The minimum atomic E-state index is -0.275. The Morgan fingerprint density at radius 1 is 0.909 bits per heavy atom. The molecule has 0 amide bonds. The molecule has 0 aliphatic heterocycles. The Kier molecular flexibility index (Phi) is 6.38. The Bertz CT molecular complexity index is 1360. The highest BCUT2D eigenvalue weighted by atomic mass is 35.5. The standard InChI is InChI=1S/C26H21ClO6/c1-30-22-12-16(13-23(31-2)26(22)32-3)25-19(14-20(28)15-8-10-17(27)11-9-15)24(29)18-6-4-5-7-21(18)33-25/h4-13H,14H2,1-3H3. The van der Waals surface area contributed by atoms with Gasteiger partial charge in [-0.05, 0) is 48.5 Å². The van der Waals surface area contributed by atoms with Crippen molar-refractivity contribution in [3.63, 3.8) is 0 Å². The van der Waals surface area contributed by atoms with Crippen molar-refractivity contribution in [1.29, 1.82) is 0 Å². The predicted octanol–water partition coefficient (Wildman–Crippen LogP) is 5.56. The second-order valence-electron chi connectivity index (χ2n) is 7.26. The van der Waals surface area contributed by atoms with Gasteiger partial charge in [0.1, 0.15) is 11.3 Å². The first-order valence-electron chi connectivity index (χ1n) is 10.1. The summed E-state index contributed by atoms with van der Waals surface area (Å²) in [6, 6.07) is 16.8. The Hall–Kier alpha value is -3.77. The molecule has 6 nitrogen and oxygen atoms in total. The van der Waals surface area contributed by atoms with Gasteiger partial charge < -0.3 is 18.6 Å². The van der Waals surface area contributed by atoms with Gasteiger partial charge >= 0.3 is 0 Å². The third kappa shape index (κ3) is 4.30. The van der Waals surface area contributed by atoms with Crippen molar-refractivity contribution in [2.75, 3.05) is 21.3 Å². The Balaban J connectivity index is 1.93. The van der Waals surface area contributed by atoms with Gasteiger partial charge in [-0.2, -0.15) is 0 Å². The molecule has 7 heteroatoms. The van der Waals surface area contributed by atoms with E-state index in [-0.39, 0.29) is 29.0 Å². The number of hydrogen-bond donors (Lipinski definition) is 0. The molecule has 0 atom stereocenters. The lowest BCUT2D eigenvalue weighted by Gasteiger charge is -2.15. The molecule has 0 fully saturated rings. The van der Waals surface area contributed by atoms with Gasteiger partial charge in [0.25, 0.3) is 0 Å². The molecule has 0 spiro atoms. The normalized spacial score (nSPS) is 10.8. The molecule has 0 bridgehead atoms. The van der Waals surface area contributed by atoms with Crippen molar-refractivity contribution in [2.24, 2.45) is 0 Å². The fraction of sp³-hybridized carbons (Fsp3) is 0.154. The fourth-order valence-electron chi connectivity index (χ4n) is 3.68. The number of carbonyl (C=O) groups is 1. The quantitative estimate of drug-likeness (QED) is 0.333. The first kappa shape index (κ1) is 22.4. The Labute approximate surface area is 195 Å². The Morgan fingerprint density at radius 2 is 1.55 bits per heavy atom. The van der Waals surface area contributed by atoms with Crippen LogP contribution in [0.2, 0.25) is 5.02 Å². The second-order valence-corrected chi connectivity index (χ2v) is 7.69. The maximum atomic E-state index is 13.5. The second kappa shape index (κ2) is 9.38. The van der Waals surface area contributed by atoms with Crippen LogP contribution in [0.4, 0.5) is 0 Å². The molecule has 33 heavy (non-hydrogen) atoms. The lowest BCUT2D eigenvalue weighted by Crippen LogP contribution is -2.16. The van der Waals surface area contributed by atoms with Gasteiger partial charge in [0.15, 0.2) is 22.7 Å². The summed E-state index contributed by atoms with van der Waals surface area (Å²) in [6.45, 7) is 0. The minimum Gasteiger partial charge on any atom is -0.493 e.